The van der Waals surface area contributed by atoms with Crippen molar-refractivity contribution in [1.82, 2.24) is 14.7 Å². The van der Waals surface area contributed by atoms with E-state index in [0.29, 0.717) is 0 Å². The zero-order valence-corrected chi connectivity index (χ0v) is 14.0. The van der Waals surface area contributed by atoms with Gasteiger partial charge < -0.3 is 10.2 Å². The van der Waals surface area contributed by atoms with Crippen LogP contribution in [-0.2, 0) is 13.1 Å². The number of anilines is 1. The summed E-state index contributed by atoms with van der Waals surface area (Å²) in [6.07, 6.45) is 2.11. The van der Waals surface area contributed by atoms with Crippen molar-refractivity contribution in [1.29, 1.82) is 0 Å². The van der Waals surface area contributed by atoms with Gasteiger partial charge in [-0.1, -0.05) is 13.0 Å². The molecule has 0 saturated heterocycles. The molecule has 0 aliphatic heterocycles. The molecule has 3 aromatic rings. The Bertz CT molecular complexity index is 684. The summed E-state index contributed by atoms with van der Waals surface area (Å²) in [6, 6.07) is 4.30. The summed E-state index contributed by atoms with van der Waals surface area (Å²) < 4.78 is 2.21. The standard InChI is InChI=1S/C15H20N4S2/c1-3-16-10-13-14(17-15-19(13)7-9-21-15)18(4-2)11-12-6-5-8-20-12/h5-9,16H,3-4,10-11H2,1-2H3. The van der Waals surface area contributed by atoms with Gasteiger partial charge in [0.2, 0.25) is 0 Å². The minimum Gasteiger partial charge on any atom is -0.350 e. The van der Waals surface area contributed by atoms with E-state index in [-0.39, 0.29) is 0 Å². The topological polar surface area (TPSA) is 32.6 Å². The van der Waals surface area contributed by atoms with E-state index in [1.54, 1.807) is 22.7 Å². The molecule has 0 atom stereocenters. The van der Waals surface area contributed by atoms with Gasteiger partial charge in [-0.2, -0.15) is 0 Å². The lowest BCUT2D eigenvalue weighted by Gasteiger charge is -2.21. The highest BCUT2D eigenvalue weighted by Gasteiger charge is 2.18. The molecule has 3 aromatic heterocycles. The number of rotatable bonds is 7. The Morgan fingerprint density at radius 1 is 1.29 bits per heavy atom. The molecule has 0 radical (unpaired) electrons. The highest BCUT2D eigenvalue weighted by Crippen LogP contribution is 2.26. The second-order valence-corrected chi connectivity index (χ2v) is 6.72. The second kappa shape index (κ2) is 6.60. The zero-order valence-electron chi connectivity index (χ0n) is 12.4. The fourth-order valence-electron chi connectivity index (χ4n) is 2.41. The first-order valence-corrected chi connectivity index (χ1v) is 9.01. The summed E-state index contributed by atoms with van der Waals surface area (Å²) in [5.41, 5.74) is 1.26. The highest BCUT2D eigenvalue weighted by molar-refractivity contribution is 7.15. The number of imidazole rings is 1. The van der Waals surface area contributed by atoms with Gasteiger partial charge in [0.1, 0.15) is 0 Å². The van der Waals surface area contributed by atoms with Crippen molar-refractivity contribution in [3.05, 3.63) is 39.7 Å². The summed E-state index contributed by atoms with van der Waals surface area (Å²) in [6.45, 7) is 8.03. The Labute approximate surface area is 133 Å². The lowest BCUT2D eigenvalue weighted by molar-refractivity contribution is 0.698. The molecule has 1 N–H and O–H groups in total. The van der Waals surface area contributed by atoms with E-state index in [0.717, 1.165) is 37.0 Å². The van der Waals surface area contributed by atoms with Gasteiger partial charge in [-0.15, -0.1) is 22.7 Å². The van der Waals surface area contributed by atoms with Crippen molar-refractivity contribution in [2.24, 2.45) is 0 Å². The molecule has 6 heteroatoms. The molecule has 3 rings (SSSR count). The van der Waals surface area contributed by atoms with E-state index in [2.05, 4.69) is 57.6 Å². The molecule has 0 amide bonds. The van der Waals surface area contributed by atoms with Gasteiger partial charge in [-0.05, 0) is 24.9 Å². The lowest BCUT2D eigenvalue weighted by atomic mass is 10.3. The number of thiazole rings is 1. The average molecular weight is 320 g/mol. The van der Waals surface area contributed by atoms with E-state index in [9.17, 15) is 0 Å². The molecule has 0 aromatic carbocycles. The summed E-state index contributed by atoms with van der Waals surface area (Å²) in [4.78, 5) is 9.66. The van der Waals surface area contributed by atoms with Crippen LogP contribution in [0, 0.1) is 0 Å². The lowest BCUT2D eigenvalue weighted by Crippen LogP contribution is -2.24. The predicted molar refractivity (Wildman–Crippen MR) is 91.5 cm³/mol. The fraction of sp³-hybridized carbons (Fsp3) is 0.400. The molecule has 0 fully saturated rings. The maximum absolute atomic E-state index is 4.85. The Balaban J connectivity index is 1.94. The molecule has 112 valence electrons. The van der Waals surface area contributed by atoms with Crippen LogP contribution in [0.3, 0.4) is 0 Å². The predicted octanol–water partition coefficient (Wildman–Crippen LogP) is 3.59. The smallest absolute Gasteiger partial charge is 0.195 e. The van der Waals surface area contributed by atoms with Gasteiger partial charge in [-0.25, -0.2) is 4.98 Å². The maximum Gasteiger partial charge on any atom is 0.195 e. The number of nitrogens with zero attached hydrogens (tertiary/aromatic N) is 3. The van der Waals surface area contributed by atoms with Crippen LogP contribution >= 0.6 is 22.7 Å². The third-order valence-corrected chi connectivity index (χ3v) is 5.11. The summed E-state index contributed by atoms with van der Waals surface area (Å²) in [7, 11) is 0. The highest BCUT2D eigenvalue weighted by atomic mass is 32.1. The van der Waals surface area contributed by atoms with Crippen molar-refractivity contribution >= 4 is 33.5 Å². The molecule has 0 aliphatic rings. The normalized spacial score (nSPS) is 11.3. The number of fused-ring (bicyclic) bond motifs is 1. The Morgan fingerprint density at radius 2 is 2.19 bits per heavy atom. The molecule has 4 nitrogen and oxygen atoms in total. The van der Waals surface area contributed by atoms with E-state index in [1.807, 2.05) is 0 Å². The van der Waals surface area contributed by atoms with Crippen LogP contribution in [0.25, 0.3) is 4.96 Å². The molecule has 0 aliphatic carbocycles. The summed E-state index contributed by atoms with van der Waals surface area (Å²) in [5, 5.41) is 7.66. The number of nitrogens with one attached hydrogen (secondary N) is 1. The van der Waals surface area contributed by atoms with Gasteiger partial charge in [0, 0.05) is 29.5 Å². The van der Waals surface area contributed by atoms with Crippen molar-refractivity contribution in [2.45, 2.75) is 26.9 Å². The van der Waals surface area contributed by atoms with Crippen LogP contribution in [0.15, 0.2) is 29.1 Å². The number of aromatic nitrogens is 2. The molecular formula is C15H20N4S2. The third-order valence-electron chi connectivity index (χ3n) is 3.49. The zero-order chi connectivity index (χ0) is 14.7. The monoisotopic (exact) mass is 320 g/mol. The SMILES string of the molecule is CCNCc1c(N(CC)Cc2cccs2)nc2sccn12. The summed E-state index contributed by atoms with van der Waals surface area (Å²) >= 11 is 3.50. The van der Waals surface area contributed by atoms with Gasteiger partial charge in [0.15, 0.2) is 10.8 Å². The quantitative estimate of drug-likeness (QED) is 0.722. The Hall–Kier alpha value is -1.37. The van der Waals surface area contributed by atoms with Crippen molar-refractivity contribution in [3.8, 4) is 0 Å². The van der Waals surface area contributed by atoms with Crippen LogP contribution in [0.1, 0.15) is 24.4 Å². The number of hydrogen-bond acceptors (Lipinski definition) is 5. The summed E-state index contributed by atoms with van der Waals surface area (Å²) in [5.74, 6) is 1.11. The largest absolute Gasteiger partial charge is 0.350 e. The van der Waals surface area contributed by atoms with Gasteiger partial charge in [0.05, 0.1) is 12.2 Å². The maximum atomic E-state index is 4.85. The fourth-order valence-corrected chi connectivity index (χ4v) is 3.86. The number of thiophene rings is 1. The van der Waals surface area contributed by atoms with Gasteiger partial charge in [-0.3, -0.25) is 4.40 Å². The minimum atomic E-state index is 0.852. The van der Waals surface area contributed by atoms with E-state index in [1.165, 1.54) is 10.6 Å². The van der Waals surface area contributed by atoms with E-state index in [4.69, 9.17) is 4.98 Å². The third kappa shape index (κ3) is 2.97. The molecule has 21 heavy (non-hydrogen) atoms. The molecule has 0 bridgehead atoms. The molecule has 0 spiro atoms. The minimum absolute atomic E-state index is 0.852. The average Bonchev–Trinajstić information content (AvgIpc) is 3.20. The van der Waals surface area contributed by atoms with Crippen molar-refractivity contribution in [2.75, 3.05) is 18.0 Å². The molecule has 0 unspecified atom stereocenters. The van der Waals surface area contributed by atoms with Crippen molar-refractivity contribution < 1.29 is 0 Å². The Morgan fingerprint density at radius 3 is 2.90 bits per heavy atom. The second-order valence-electron chi connectivity index (χ2n) is 4.81. The first kappa shape index (κ1) is 14.6. The van der Waals surface area contributed by atoms with Crippen LogP contribution in [0.5, 0.6) is 0 Å². The first-order valence-electron chi connectivity index (χ1n) is 7.26. The van der Waals surface area contributed by atoms with Crippen molar-refractivity contribution in [3.63, 3.8) is 0 Å². The molecular weight excluding hydrogens is 300 g/mol. The molecule has 3 heterocycles. The van der Waals surface area contributed by atoms with Crippen LogP contribution in [0.2, 0.25) is 0 Å². The van der Waals surface area contributed by atoms with Crippen LogP contribution in [-0.4, -0.2) is 22.5 Å². The van der Waals surface area contributed by atoms with Crippen LogP contribution < -0.4 is 10.2 Å². The van der Waals surface area contributed by atoms with Gasteiger partial charge >= 0.3 is 0 Å². The number of hydrogen-bond donors (Lipinski definition) is 1. The van der Waals surface area contributed by atoms with Crippen LogP contribution in [0.4, 0.5) is 5.82 Å². The van der Waals surface area contributed by atoms with Gasteiger partial charge in [0.25, 0.3) is 0 Å². The first-order chi connectivity index (χ1) is 10.3. The Kier molecular flexibility index (Phi) is 4.57. The molecule has 0 saturated carbocycles. The van der Waals surface area contributed by atoms with E-state index < -0.39 is 0 Å². The van der Waals surface area contributed by atoms with E-state index >= 15 is 0 Å².